The number of hydrogen-bond donors (Lipinski definition) is 1. The van der Waals surface area contributed by atoms with E-state index in [1.54, 1.807) is 11.3 Å². The van der Waals surface area contributed by atoms with Crippen molar-refractivity contribution in [2.45, 2.75) is 32.2 Å². The van der Waals surface area contributed by atoms with E-state index in [4.69, 9.17) is 11.6 Å². The molecule has 2 rings (SSSR count). The Hall–Kier alpha value is -0.900. The summed E-state index contributed by atoms with van der Waals surface area (Å²) in [5, 5.41) is 4.41. The largest absolute Gasteiger partial charge is 0.313 e. The van der Waals surface area contributed by atoms with Crippen LogP contribution in [0.4, 0.5) is 0 Å². The Kier molecular flexibility index (Phi) is 5.83. The standard InChI is InChI=1S/C15H19ClN2S/c1-2-7-18-14(9-15-10-17-11-19-15)8-12-3-5-13(16)6-4-12/h3-6,10-11,14,18H,2,7-9H2,1H3. The van der Waals surface area contributed by atoms with E-state index in [-0.39, 0.29) is 0 Å². The van der Waals surface area contributed by atoms with E-state index in [9.17, 15) is 0 Å². The second-order valence-corrected chi connectivity index (χ2v) is 6.06. The summed E-state index contributed by atoms with van der Waals surface area (Å²) in [5.41, 5.74) is 3.22. The first-order chi connectivity index (χ1) is 9.28. The molecule has 0 radical (unpaired) electrons. The average Bonchev–Trinajstić information content (AvgIpc) is 2.91. The normalized spacial score (nSPS) is 12.5. The molecule has 1 N–H and O–H groups in total. The van der Waals surface area contributed by atoms with Crippen molar-refractivity contribution in [2.75, 3.05) is 6.54 Å². The fraction of sp³-hybridized carbons (Fsp3) is 0.400. The van der Waals surface area contributed by atoms with Crippen molar-refractivity contribution in [3.63, 3.8) is 0 Å². The lowest BCUT2D eigenvalue weighted by Gasteiger charge is -2.18. The summed E-state index contributed by atoms with van der Waals surface area (Å²) >= 11 is 7.65. The Balaban J connectivity index is 1.98. The van der Waals surface area contributed by atoms with Gasteiger partial charge in [-0.2, -0.15) is 0 Å². The number of hydrogen-bond acceptors (Lipinski definition) is 3. The zero-order chi connectivity index (χ0) is 13.5. The fourth-order valence-corrected chi connectivity index (χ4v) is 2.86. The summed E-state index contributed by atoms with van der Waals surface area (Å²) in [7, 11) is 0. The highest BCUT2D eigenvalue weighted by Crippen LogP contribution is 2.15. The number of rotatable bonds is 7. The molecule has 1 unspecified atom stereocenters. The van der Waals surface area contributed by atoms with E-state index < -0.39 is 0 Å². The van der Waals surface area contributed by atoms with Crippen molar-refractivity contribution in [2.24, 2.45) is 0 Å². The Morgan fingerprint density at radius 3 is 2.68 bits per heavy atom. The molecule has 102 valence electrons. The van der Waals surface area contributed by atoms with Crippen LogP contribution in [0.2, 0.25) is 5.02 Å². The third-order valence-corrected chi connectivity index (χ3v) is 4.06. The highest BCUT2D eigenvalue weighted by molar-refractivity contribution is 7.09. The second-order valence-electron chi connectivity index (χ2n) is 4.65. The SMILES string of the molecule is CCCNC(Cc1ccc(Cl)cc1)Cc1cncs1. The summed E-state index contributed by atoms with van der Waals surface area (Å²) < 4.78 is 0. The van der Waals surface area contributed by atoms with Crippen LogP contribution in [0.5, 0.6) is 0 Å². The number of nitrogens with one attached hydrogen (secondary N) is 1. The van der Waals surface area contributed by atoms with E-state index in [1.807, 2.05) is 23.8 Å². The van der Waals surface area contributed by atoms with Crippen LogP contribution in [-0.4, -0.2) is 17.6 Å². The van der Waals surface area contributed by atoms with Gasteiger partial charge in [0.25, 0.3) is 0 Å². The molecule has 0 aliphatic heterocycles. The van der Waals surface area contributed by atoms with Crippen molar-refractivity contribution in [3.8, 4) is 0 Å². The molecule has 2 nitrogen and oxygen atoms in total. The molecule has 2 aromatic rings. The van der Waals surface area contributed by atoms with Gasteiger partial charge in [0.05, 0.1) is 5.51 Å². The zero-order valence-electron chi connectivity index (χ0n) is 11.1. The Bertz CT molecular complexity index is 467. The van der Waals surface area contributed by atoms with Crippen molar-refractivity contribution < 1.29 is 0 Å². The minimum Gasteiger partial charge on any atom is -0.313 e. The van der Waals surface area contributed by atoms with Crippen LogP contribution >= 0.6 is 22.9 Å². The van der Waals surface area contributed by atoms with Crippen LogP contribution in [0, 0.1) is 0 Å². The molecule has 1 heterocycles. The first-order valence-corrected chi connectivity index (χ1v) is 7.89. The molecule has 0 spiro atoms. The van der Waals surface area contributed by atoms with Crippen LogP contribution in [0.3, 0.4) is 0 Å². The van der Waals surface area contributed by atoms with Crippen molar-refractivity contribution in [1.29, 1.82) is 0 Å². The maximum atomic E-state index is 5.92. The molecular formula is C15H19ClN2S. The minimum atomic E-state index is 0.460. The maximum Gasteiger partial charge on any atom is 0.0794 e. The molecule has 0 saturated heterocycles. The van der Waals surface area contributed by atoms with Gasteiger partial charge in [0.1, 0.15) is 0 Å². The minimum absolute atomic E-state index is 0.460. The van der Waals surface area contributed by atoms with Gasteiger partial charge in [-0.25, -0.2) is 0 Å². The molecule has 19 heavy (non-hydrogen) atoms. The smallest absolute Gasteiger partial charge is 0.0794 e. The summed E-state index contributed by atoms with van der Waals surface area (Å²) in [5.74, 6) is 0. The monoisotopic (exact) mass is 294 g/mol. The van der Waals surface area contributed by atoms with Crippen LogP contribution in [0.1, 0.15) is 23.8 Å². The van der Waals surface area contributed by atoms with E-state index in [1.165, 1.54) is 10.4 Å². The highest BCUT2D eigenvalue weighted by atomic mass is 35.5. The number of benzene rings is 1. The molecule has 0 amide bonds. The number of aromatic nitrogens is 1. The third-order valence-electron chi connectivity index (χ3n) is 3.01. The van der Waals surface area contributed by atoms with Gasteiger partial charge in [-0.15, -0.1) is 11.3 Å². The lowest BCUT2D eigenvalue weighted by atomic mass is 10.0. The Morgan fingerprint density at radius 2 is 2.05 bits per heavy atom. The van der Waals surface area contributed by atoms with Gasteiger partial charge in [0, 0.05) is 22.1 Å². The molecule has 0 aliphatic rings. The summed E-state index contributed by atoms with van der Waals surface area (Å²) in [6.45, 7) is 3.25. The van der Waals surface area contributed by atoms with Crippen LogP contribution < -0.4 is 5.32 Å². The fourth-order valence-electron chi connectivity index (χ4n) is 2.06. The van der Waals surface area contributed by atoms with Gasteiger partial charge >= 0.3 is 0 Å². The van der Waals surface area contributed by atoms with Gasteiger partial charge in [-0.05, 0) is 43.5 Å². The topological polar surface area (TPSA) is 24.9 Å². The lowest BCUT2D eigenvalue weighted by Crippen LogP contribution is -2.33. The van der Waals surface area contributed by atoms with Crippen LogP contribution in [0.15, 0.2) is 36.0 Å². The first kappa shape index (κ1) is 14.5. The lowest BCUT2D eigenvalue weighted by molar-refractivity contribution is 0.507. The Labute approximate surface area is 123 Å². The van der Waals surface area contributed by atoms with Crippen molar-refractivity contribution >= 4 is 22.9 Å². The zero-order valence-corrected chi connectivity index (χ0v) is 12.7. The predicted molar refractivity (Wildman–Crippen MR) is 83.1 cm³/mol. The number of halogens is 1. The van der Waals surface area contributed by atoms with Gasteiger partial charge in [-0.1, -0.05) is 30.7 Å². The highest BCUT2D eigenvalue weighted by Gasteiger charge is 2.11. The third kappa shape index (κ3) is 4.94. The molecule has 0 bridgehead atoms. The maximum absolute atomic E-state index is 5.92. The van der Waals surface area contributed by atoms with Gasteiger partial charge in [0.2, 0.25) is 0 Å². The first-order valence-electron chi connectivity index (χ1n) is 6.63. The van der Waals surface area contributed by atoms with E-state index in [0.29, 0.717) is 6.04 Å². The molecule has 0 saturated carbocycles. The quantitative estimate of drug-likeness (QED) is 0.836. The average molecular weight is 295 g/mol. The van der Waals surface area contributed by atoms with Gasteiger partial charge in [-0.3, -0.25) is 4.98 Å². The van der Waals surface area contributed by atoms with Crippen LogP contribution in [0.25, 0.3) is 0 Å². The molecule has 0 aliphatic carbocycles. The summed E-state index contributed by atoms with van der Waals surface area (Å²) in [6.07, 6.45) is 5.18. The van der Waals surface area contributed by atoms with E-state index >= 15 is 0 Å². The summed E-state index contributed by atoms with van der Waals surface area (Å²) in [6, 6.07) is 8.59. The van der Waals surface area contributed by atoms with Crippen LogP contribution in [-0.2, 0) is 12.8 Å². The molecule has 0 fully saturated rings. The van der Waals surface area contributed by atoms with Gasteiger partial charge < -0.3 is 5.32 Å². The van der Waals surface area contributed by atoms with Crippen molar-refractivity contribution in [1.82, 2.24) is 10.3 Å². The van der Waals surface area contributed by atoms with E-state index in [0.717, 1.165) is 30.8 Å². The summed E-state index contributed by atoms with van der Waals surface area (Å²) in [4.78, 5) is 5.48. The molecule has 1 atom stereocenters. The van der Waals surface area contributed by atoms with Gasteiger partial charge in [0.15, 0.2) is 0 Å². The molecule has 4 heteroatoms. The van der Waals surface area contributed by atoms with Crippen molar-refractivity contribution in [3.05, 3.63) is 51.4 Å². The number of thiazole rings is 1. The second kappa shape index (κ2) is 7.63. The van der Waals surface area contributed by atoms with E-state index in [2.05, 4.69) is 29.4 Å². The molecule has 1 aromatic carbocycles. The predicted octanol–water partition coefficient (Wildman–Crippen LogP) is 3.95. The Morgan fingerprint density at radius 1 is 1.26 bits per heavy atom. The molecule has 1 aromatic heterocycles. The molecular weight excluding hydrogens is 276 g/mol. The number of nitrogens with zero attached hydrogens (tertiary/aromatic N) is 1.